The zero-order valence-electron chi connectivity index (χ0n) is 6.79. The van der Waals surface area contributed by atoms with Gasteiger partial charge in [0.2, 0.25) is 0 Å². The molecule has 1 atom stereocenters. The van der Waals surface area contributed by atoms with E-state index in [9.17, 15) is 0 Å². The van der Waals surface area contributed by atoms with Gasteiger partial charge in [0.15, 0.2) is 6.29 Å². The Balaban J connectivity index is 3.09. The van der Waals surface area contributed by atoms with Crippen LogP contribution in [-0.2, 0) is 14.2 Å². The Morgan fingerprint density at radius 1 is 1.27 bits per heavy atom. The van der Waals surface area contributed by atoms with Crippen LogP contribution in [0.5, 0.6) is 0 Å². The summed E-state index contributed by atoms with van der Waals surface area (Å²) in [4.78, 5) is 0. The van der Waals surface area contributed by atoms with E-state index >= 15 is 0 Å². The average Bonchev–Trinajstić information content (AvgIpc) is 1.99. The summed E-state index contributed by atoms with van der Waals surface area (Å²) in [6.07, 6.45) is 2.46. The second kappa shape index (κ2) is 7.15. The Hall–Kier alpha value is -0.960. The van der Waals surface area contributed by atoms with Crippen LogP contribution >= 0.6 is 0 Å². The minimum absolute atomic E-state index is 0.263. The molecular formula is C8H14O3. The molecule has 0 aromatic heterocycles. The molecule has 1 unspecified atom stereocenters. The predicted octanol–water partition coefficient (Wildman–Crippen LogP) is 1.67. The molecule has 11 heavy (non-hydrogen) atoms. The molecule has 0 rings (SSSR count). The molecule has 0 aliphatic heterocycles. The highest BCUT2D eigenvalue weighted by Gasteiger charge is 1.97. The molecule has 0 aliphatic carbocycles. The molecule has 0 aromatic carbocycles. The summed E-state index contributed by atoms with van der Waals surface area (Å²) in [5.41, 5.74) is 0. The lowest BCUT2D eigenvalue weighted by molar-refractivity contribution is -0.101. The Kier molecular flexibility index (Phi) is 6.53. The van der Waals surface area contributed by atoms with Gasteiger partial charge in [-0.05, 0) is 6.92 Å². The van der Waals surface area contributed by atoms with Gasteiger partial charge in [0, 0.05) is 0 Å². The lowest BCUT2D eigenvalue weighted by atomic mass is 10.7. The smallest absolute Gasteiger partial charge is 0.196 e. The van der Waals surface area contributed by atoms with E-state index in [1.807, 2.05) is 0 Å². The van der Waals surface area contributed by atoms with Gasteiger partial charge in [-0.3, -0.25) is 0 Å². The monoisotopic (exact) mass is 158 g/mol. The number of rotatable bonds is 7. The minimum atomic E-state index is -0.263. The fourth-order valence-corrected chi connectivity index (χ4v) is 0.520. The summed E-state index contributed by atoms with van der Waals surface area (Å²) in [5.74, 6) is 0. The molecule has 0 bridgehead atoms. The van der Waals surface area contributed by atoms with Crippen molar-refractivity contribution in [3.05, 3.63) is 25.7 Å². The summed E-state index contributed by atoms with van der Waals surface area (Å²) >= 11 is 0. The Labute approximate surface area is 67.3 Å². The van der Waals surface area contributed by atoms with Crippen molar-refractivity contribution in [2.45, 2.75) is 13.2 Å². The molecule has 0 heterocycles. The maximum Gasteiger partial charge on any atom is 0.196 e. The summed E-state index contributed by atoms with van der Waals surface area (Å²) in [7, 11) is 0. The Morgan fingerprint density at radius 3 is 2.55 bits per heavy atom. The summed E-state index contributed by atoms with van der Waals surface area (Å²) in [5, 5.41) is 0. The van der Waals surface area contributed by atoms with E-state index in [0.717, 1.165) is 0 Å². The molecule has 0 amide bonds. The van der Waals surface area contributed by atoms with E-state index in [0.29, 0.717) is 13.2 Å². The molecule has 64 valence electrons. The standard InChI is InChI=1S/C8H14O3/c1-4-9-6-7-11-8(3)10-5-2/h4-5,8H,1-2,6-7H2,3H3. The third kappa shape index (κ3) is 6.93. The molecule has 0 N–H and O–H groups in total. The van der Waals surface area contributed by atoms with Crippen molar-refractivity contribution in [2.24, 2.45) is 0 Å². The van der Waals surface area contributed by atoms with Gasteiger partial charge in [-0.25, -0.2) is 0 Å². The average molecular weight is 158 g/mol. The van der Waals surface area contributed by atoms with Crippen molar-refractivity contribution in [3.63, 3.8) is 0 Å². The highest BCUT2D eigenvalue weighted by molar-refractivity contribution is 4.50. The normalized spacial score (nSPS) is 11.7. The second-order valence-electron chi connectivity index (χ2n) is 1.78. The van der Waals surface area contributed by atoms with Crippen LogP contribution in [0.3, 0.4) is 0 Å². The lowest BCUT2D eigenvalue weighted by Gasteiger charge is -2.11. The highest BCUT2D eigenvalue weighted by atomic mass is 16.7. The quantitative estimate of drug-likeness (QED) is 0.320. The number of ether oxygens (including phenoxy) is 3. The van der Waals surface area contributed by atoms with Gasteiger partial charge < -0.3 is 14.2 Å². The Bertz CT molecular complexity index is 112. The topological polar surface area (TPSA) is 27.7 Å². The largest absolute Gasteiger partial charge is 0.499 e. The van der Waals surface area contributed by atoms with Gasteiger partial charge in [0.1, 0.15) is 6.61 Å². The summed E-state index contributed by atoms with van der Waals surface area (Å²) < 4.78 is 14.8. The van der Waals surface area contributed by atoms with Crippen LogP contribution in [0.1, 0.15) is 6.92 Å². The van der Waals surface area contributed by atoms with Crippen molar-refractivity contribution in [1.82, 2.24) is 0 Å². The molecule has 0 spiro atoms. The first kappa shape index (κ1) is 10.0. The number of hydrogen-bond donors (Lipinski definition) is 0. The van der Waals surface area contributed by atoms with Crippen molar-refractivity contribution in [2.75, 3.05) is 13.2 Å². The first-order valence-corrected chi connectivity index (χ1v) is 3.41. The molecule has 0 aliphatic rings. The molecule has 0 radical (unpaired) electrons. The van der Waals surface area contributed by atoms with Gasteiger partial charge in [-0.1, -0.05) is 13.2 Å². The van der Waals surface area contributed by atoms with Gasteiger partial charge in [0.05, 0.1) is 19.1 Å². The van der Waals surface area contributed by atoms with E-state index in [1.165, 1.54) is 12.5 Å². The Morgan fingerprint density at radius 2 is 2.00 bits per heavy atom. The van der Waals surface area contributed by atoms with Crippen molar-refractivity contribution >= 4 is 0 Å². The van der Waals surface area contributed by atoms with Crippen LogP contribution in [0, 0.1) is 0 Å². The fourth-order valence-electron chi connectivity index (χ4n) is 0.520. The summed E-state index contributed by atoms with van der Waals surface area (Å²) in [6, 6.07) is 0. The third-order valence-electron chi connectivity index (χ3n) is 0.959. The molecule has 3 heteroatoms. The first-order valence-electron chi connectivity index (χ1n) is 3.41. The van der Waals surface area contributed by atoms with Crippen molar-refractivity contribution in [1.29, 1.82) is 0 Å². The third-order valence-corrected chi connectivity index (χ3v) is 0.959. The zero-order valence-corrected chi connectivity index (χ0v) is 6.79. The lowest BCUT2D eigenvalue weighted by Crippen LogP contribution is -2.12. The molecule has 0 saturated heterocycles. The van der Waals surface area contributed by atoms with E-state index in [1.54, 1.807) is 6.92 Å². The van der Waals surface area contributed by atoms with Crippen molar-refractivity contribution in [3.8, 4) is 0 Å². The SMILES string of the molecule is C=COCCOC(C)OC=C. The maximum atomic E-state index is 5.12. The van der Waals surface area contributed by atoms with Gasteiger partial charge in [-0.2, -0.15) is 0 Å². The van der Waals surface area contributed by atoms with Crippen LogP contribution in [0.25, 0.3) is 0 Å². The maximum absolute atomic E-state index is 5.12. The first-order chi connectivity index (χ1) is 5.31. The molecular weight excluding hydrogens is 144 g/mol. The summed E-state index contributed by atoms with van der Waals surface area (Å²) in [6.45, 7) is 9.55. The molecule has 0 saturated carbocycles. The molecule has 0 fully saturated rings. The molecule has 0 aromatic rings. The fraction of sp³-hybridized carbons (Fsp3) is 0.500. The van der Waals surface area contributed by atoms with Crippen LogP contribution < -0.4 is 0 Å². The van der Waals surface area contributed by atoms with E-state index in [-0.39, 0.29) is 6.29 Å². The van der Waals surface area contributed by atoms with Crippen molar-refractivity contribution < 1.29 is 14.2 Å². The highest BCUT2D eigenvalue weighted by Crippen LogP contribution is 1.92. The number of hydrogen-bond acceptors (Lipinski definition) is 3. The predicted molar refractivity (Wildman–Crippen MR) is 42.8 cm³/mol. The van der Waals surface area contributed by atoms with Gasteiger partial charge >= 0.3 is 0 Å². The second-order valence-corrected chi connectivity index (χ2v) is 1.78. The van der Waals surface area contributed by atoms with E-state index in [2.05, 4.69) is 13.2 Å². The minimum Gasteiger partial charge on any atom is -0.499 e. The van der Waals surface area contributed by atoms with Crippen LogP contribution in [-0.4, -0.2) is 19.5 Å². The van der Waals surface area contributed by atoms with Crippen LogP contribution in [0.15, 0.2) is 25.7 Å². The van der Waals surface area contributed by atoms with Gasteiger partial charge in [0.25, 0.3) is 0 Å². The van der Waals surface area contributed by atoms with Gasteiger partial charge in [-0.15, -0.1) is 0 Å². The molecule has 3 nitrogen and oxygen atoms in total. The van der Waals surface area contributed by atoms with Crippen LogP contribution in [0.2, 0.25) is 0 Å². The van der Waals surface area contributed by atoms with Crippen LogP contribution in [0.4, 0.5) is 0 Å². The van der Waals surface area contributed by atoms with E-state index < -0.39 is 0 Å². The zero-order chi connectivity index (χ0) is 8.53. The van der Waals surface area contributed by atoms with E-state index in [4.69, 9.17) is 14.2 Å².